The molecule has 0 saturated heterocycles. The van der Waals surface area contributed by atoms with Crippen molar-refractivity contribution in [1.82, 2.24) is 15.5 Å². The molecule has 0 heterocycles. The van der Waals surface area contributed by atoms with E-state index in [0.717, 1.165) is 51.4 Å². The molecule has 0 aliphatic heterocycles. The Kier molecular flexibility index (Phi) is 11.5. The average molecular weight is 504 g/mol. The van der Waals surface area contributed by atoms with Gasteiger partial charge < -0.3 is 25.4 Å². The highest BCUT2D eigenvalue weighted by Crippen LogP contribution is 2.28. The molecular formula is C28H45N3O5. The number of carbonyl (C=O) groups excluding carboxylic acids is 3. The Labute approximate surface area is 216 Å². The van der Waals surface area contributed by atoms with Gasteiger partial charge in [-0.2, -0.15) is 0 Å². The highest BCUT2D eigenvalue weighted by atomic mass is 16.6. The molecule has 8 nitrogen and oxygen atoms in total. The number of phenols is 1. The van der Waals surface area contributed by atoms with Crippen LogP contribution in [0.25, 0.3) is 0 Å². The van der Waals surface area contributed by atoms with Gasteiger partial charge in [0.25, 0.3) is 0 Å². The number of unbranched alkanes of at least 4 members (excludes halogenated alkanes) is 3. The second kappa shape index (κ2) is 14.1. The van der Waals surface area contributed by atoms with Crippen LogP contribution in [0.5, 0.6) is 5.75 Å². The van der Waals surface area contributed by atoms with Crippen LogP contribution >= 0.6 is 0 Å². The number of amides is 3. The zero-order valence-electron chi connectivity index (χ0n) is 22.7. The Morgan fingerprint density at radius 3 is 2.42 bits per heavy atom. The Bertz CT molecular complexity index is 874. The summed E-state index contributed by atoms with van der Waals surface area (Å²) < 4.78 is 5.28. The standard InChI is InChI=1S/C28H45N3O5/c1-6-7-8-12-17-31(24(33)19-29-27(35)36-28(3,4)5)25(21-15-16-23(32)20(2)18-21)26(34)30-22-13-10-9-11-14-22/h15-16,18,22,25,32H,6-14,17,19H2,1-5H3,(H,29,35)(H,30,34). The van der Waals surface area contributed by atoms with Gasteiger partial charge >= 0.3 is 6.09 Å². The summed E-state index contributed by atoms with van der Waals surface area (Å²) in [5.74, 6) is -0.447. The molecule has 1 aromatic rings. The van der Waals surface area contributed by atoms with Crippen LogP contribution in [0.2, 0.25) is 0 Å². The van der Waals surface area contributed by atoms with Gasteiger partial charge in [0.05, 0.1) is 0 Å². The Balaban J connectivity index is 2.31. The van der Waals surface area contributed by atoms with Crippen molar-refractivity contribution in [2.45, 2.75) is 110 Å². The van der Waals surface area contributed by atoms with E-state index < -0.39 is 17.7 Å². The number of ether oxygens (including phenoxy) is 1. The predicted octanol–water partition coefficient (Wildman–Crippen LogP) is 5.12. The molecule has 2 rings (SSSR count). The summed E-state index contributed by atoms with van der Waals surface area (Å²) in [7, 11) is 0. The largest absolute Gasteiger partial charge is 0.508 e. The van der Waals surface area contributed by atoms with E-state index in [0.29, 0.717) is 17.7 Å². The first-order chi connectivity index (χ1) is 17.0. The summed E-state index contributed by atoms with van der Waals surface area (Å²) >= 11 is 0. The fourth-order valence-electron chi connectivity index (χ4n) is 4.52. The van der Waals surface area contributed by atoms with Gasteiger partial charge in [0.1, 0.15) is 23.9 Å². The van der Waals surface area contributed by atoms with Crippen LogP contribution in [-0.2, 0) is 14.3 Å². The van der Waals surface area contributed by atoms with E-state index in [4.69, 9.17) is 4.74 Å². The number of nitrogens with one attached hydrogen (secondary N) is 2. The van der Waals surface area contributed by atoms with E-state index in [2.05, 4.69) is 17.6 Å². The minimum absolute atomic E-state index is 0.0869. The molecule has 1 aliphatic carbocycles. The number of alkyl carbamates (subject to hydrolysis) is 1. The van der Waals surface area contributed by atoms with Crippen molar-refractivity contribution < 1.29 is 24.2 Å². The Morgan fingerprint density at radius 1 is 1.11 bits per heavy atom. The van der Waals surface area contributed by atoms with Gasteiger partial charge in [0, 0.05) is 12.6 Å². The fourth-order valence-corrected chi connectivity index (χ4v) is 4.52. The maximum atomic E-state index is 13.7. The summed E-state index contributed by atoms with van der Waals surface area (Å²) in [4.78, 5) is 40.9. The average Bonchev–Trinajstić information content (AvgIpc) is 2.81. The second-order valence-corrected chi connectivity index (χ2v) is 10.8. The molecule has 1 aliphatic rings. The lowest BCUT2D eigenvalue weighted by Crippen LogP contribution is -2.50. The highest BCUT2D eigenvalue weighted by molar-refractivity contribution is 5.90. The molecule has 1 unspecified atom stereocenters. The molecule has 1 saturated carbocycles. The molecule has 1 aromatic carbocycles. The smallest absolute Gasteiger partial charge is 0.408 e. The monoisotopic (exact) mass is 503 g/mol. The van der Waals surface area contributed by atoms with E-state index in [-0.39, 0.29) is 30.2 Å². The number of benzene rings is 1. The van der Waals surface area contributed by atoms with Crippen molar-refractivity contribution in [1.29, 1.82) is 0 Å². The van der Waals surface area contributed by atoms with Crippen LogP contribution in [-0.4, -0.2) is 52.6 Å². The van der Waals surface area contributed by atoms with Crippen LogP contribution < -0.4 is 10.6 Å². The number of phenolic OH excluding ortho intramolecular Hbond substituents is 1. The number of aromatic hydroxyl groups is 1. The number of rotatable bonds is 11. The normalized spacial score (nSPS) is 15.1. The van der Waals surface area contributed by atoms with Gasteiger partial charge in [-0.1, -0.05) is 51.5 Å². The lowest BCUT2D eigenvalue weighted by molar-refractivity contribution is -0.140. The van der Waals surface area contributed by atoms with Crippen LogP contribution in [0, 0.1) is 6.92 Å². The summed E-state index contributed by atoms with van der Waals surface area (Å²) in [5.41, 5.74) is 0.590. The zero-order chi connectivity index (χ0) is 26.7. The SMILES string of the molecule is CCCCCCN(C(=O)CNC(=O)OC(C)(C)C)C(C(=O)NC1CCCCC1)c1ccc(O)c(C)c1. The maximum Gasteiger partial charge on any atom is 0.408 e. The van der Waals surface area contributed by atoms with E-state index in [1.54, 1.807) is 50.8 Å². The summed E-state index contributed by atoms with van der Waals surface area (Å²) in [5, 5.41) is 15.8. The molecule has 0 aromatic heterocycles. The summed E-state index contributed by atoms with van der Waals surface area (Å²) in [6.07, 6.45) is 8.28. The molecule has 0 bridgehead atoms. The van der Waals surface area contributed by atoms with Crippen LogP contribution in [0.15, 0.2) is 18.2 Å². The van der Waals surface area contributed by atoms with E-state index in [1.165, 1.54) is 6.42 Å². The van der Waals surface area contributed by atoms with Crippen molar-refractivity contribution in [2.24, 2.45) is 0 Å². The van der Waals surface area contributed by atoms with Gasteiger partial charge in [0.15, 0.2) is 0 Å². The highest BCUT2D eigenvalue weighted by Gasteiger charge is 2.33. The molecule has 0 radical (unpaired) electrons. The molecule has 1 fully saturated rings. The van der Waals surface area contributed by atoms with Gasteiger partial charge in [-0.05, 0) is 70.2 Å². The molecule has 8 heteroatoms. The molecule has 1 atom stereocenters. The van der Waals surface area contributed by atoms with E-state index >= 15 is 0 Å². The fraction of sp³-hybridized carbons (Fsp3) is 0.679. The third-order valence-electron chi connectivity index (χ3n) is 6.40. The van der Waals surface area contributed by atoms with Crippen molar-refractivity contribution in [3.63, 3.8) is 0 Å². The van der Waals surface area contributed by atoms with Gasteiger partial charge in [-0.25, -0.2) is 4.79 Å². The van der Waals surface area contributed by atoms with Crippen molar-refractivity contribution in [3.05, 3.63) is 29.3 Å². The number of hydrogen-bond acceptors (Lipinski definition) is 5. The number of carbonyl (C=O) groups is 3. The van der Waals surface area contributed by atoms with Crippen molar-refractivity contribution in [3.8, 4) is 5.75 Å². The summed E-state index contributed by atoms with van der Waals surface area (Å²) in [6.45, 7) is 9.28. The van der Waals surface area contributed by atoms with Crippen LogP contribution in [0.3, 0.4) is 0 Å². The van der Waals surface area contributed by atoms with Crippen LogP contribution in [0.1, 0.15) is 103 Å². The number of hydrogen-bond donors (Lipinski definition) is 3. The van der Waals surface area contributed by atoms with E-state index in [9.17, 15) is 19.5 Å². The summed E-state index contributed by atoms with van der Waals surface area (Å²) in [6, 6.07) is 4.24. The third-order valence-corrected chi connectivity index (χ3v) is 6.40. The minimum Gasteiger partial charge on any atom is -0.508 e. The molecule has 202 valence electrons. The van der Waals surface area contributed by atoms with Crippen molar-refractivity contribution in [2.75, 3.05) is 13.1 Å². The number of nitrogens with zero attached hydrogens (tertiary/aromatic N) is 1. The van der Waals surface area contributed by atoms with Gasteiger partial charge in [-0.3, -0.25) is 9.59 Å². The number of aryl methyl sites for hydroxylation is 1. The van der Waals surface area contributed by atoms with E-state index in [1.807, 2.05) is 0 Å². The van der Waals surface area contributed by atoms with Crippen LogP contribution in [0.4, 0.5) is 4.79 Å². The molecular weight excluding hydrogens is 458 g/mol. The zero-order valence-corrected chi connectivity index (χ0v) is 22.7. The van der Waals surface area contributed by atoms with Gasteiger partial charge in [-0.15, -0.1) is 0 Å². The molecule has 0 spiro atoms. The first-order valence-electron chi connectivity index (χ1n) is 13.4. The predicted molar refractivity (Wildman–Crippen MR) is 141 cm³/mol. The second-order valence-electron chi connectivity index (χ2n) is 10.8. The topological polar surface area (TPSA) is 108 Å². The third kappa shape index (κ3) is 9.70. The lowest BCUT2D eigenvalue weighted by Gasteiger charge is -2.34. The molecule has 3 N–H and O–H groups in total. The Hall–Kier alpha value is -2.77. The minimum atomic E-state index is -0.860. The first-order valence-corrected chi connectivity index (χ1v) is 13.4. The first kappa shape index (κ1) is 29.5. The van der Waals surface area contributed by atoms with Crippen molar-refractivity contribution >= 4 is 17.9 Å². The molecule has 3 amide bonds. The Morgan fingerprint density at radius 2 is 1.81 bits per heavy atom. The van der Waals surface area contributed by atoms with Gasteiger partial charge in [0.2, 0.25) is 11.8 Å². The quantitative estimate of drug-likeness (QED) is 0.363. The molecule has 36 heavy (non-hydrogen) atoms. The lowest BCUT2D eigenvalue weighted by atomic mass is 9.94. The maximum absolute atomic E-state index is 13.7.